The fourth-order valence-corrected chi connectivity index (χ4v) is 1.59. The van der Waals surface area contributed by atoms with Crippen molar-refractivity contribution in [1.82, 2.24) is 0 Å². The van der Waals surface area contributed by atoms with Crippen LogP contribution < -0.4 is 0 Å². The van der Waals surface area contributed by atoms with Crippen molar-refractivity contribution < 1.29 is 9.90 Å². The molecule has 80 valence electrons. The van der Waals surface area contributed by atoms with E-state index in [1.54, 1.807) is 6.07 Å². The summed E-state index contributed by atoms with van der Waals surface area (Å²) >= 11 is 0. The Hall–Kier alpha value is -2.08. The molecule has 1 fully saturated rings. The second-order valence-corrected chi connectivity index (χ2v) is 3.92. The summed E-state index contributed by atoms with van der Waals surface area (Å²) in [6, 6.07) is 9.37. The van der Waals surface area contributed by atoms with Crippen LogP contribution in [0.5, 0.6) is 0 Å². The van der Waals surface area contributed by atoms with E-state index in [1.165, 1.54) is 24.5 Å². The molecule has 0 amide bonds. The Labute approximate surface area is 93.6 Å². The molecule has 2 rings (SSSR count). The topological polar surface area (TPSA) is 61.1 Å². The van der Waals surface area contributed by atoms with E-state index in [0.717, 1.165) is 5.56 Å². The maximum absolute atomic E-state index is 10.6. The van der Waals surface area contributed by atoms with Gasteiger partial charge in [-0.15, -0.1) is 0 Å². The van der Waals surface area contributed by atoms with E-state index in [4.69, 9.17) is 10.4 Å². The lowest BCUT2D eigenvalue weighted by Crippen LogP contribution is -1.97. The molecule has 0 aromatic heterocycles. The first-order valence-electron chi connectivity index (χ1n) is 5.16. The highest BCUT2D eigenvalue weighted by Crippen LogP contribution is 2.39. The predicted octanol–water partition coefficient (Wildman–Crippen LogP) is 2.56. The lowest BCUT2D eigenvalue weighted by atomic mass is 10.1. The fourth-order valence-electron chi connectivity index (χ4n) is 1.59. The molecule has 0 aliphatic heterocycles. The third kappa shape index (κ3) is 2.29. The minimum absolute atomic E-state index is 0.237. The number of carboxylic acid groups (broad SMARTS) is 1. The van der Waals surface area contributed by atoms with Crippen molar-refractivity contribution in [3.05, 3.63) is 41.0 Å². The van der Waals surface area contributed by atoms with E-state index in [9.17, 15) is 4.79 Å². The molecule has 0 unspecified atom stereocenters. The number of carboxylic acids is 1. The Kier molecular flexibility index (Phi) is 2.74. The lowest BCUT2D eigenvalue weighted by Gasteiger charge is -1.98. The van der Waals surface area contributed by atoms with Crippen LogP contribution in [-0.4, -0.2) is 11.1 Å². The SMILES string of the molecule is N#CC(=Cc1ccc(C2CC2)cc1)C(=O)O. The maximum Gasteiger partial charge on any atom is 0.346 e. The van der Waals surface area contributed by atoms with Crippen molar-refractivity contribution in [3.8, 4) is 6.07 Å². The first-order chi connectivity index (χ1) is 7.70. The van der Waals surface area contributed by atoms with Gasteiger partial charge in [0.2, 0.25) is 0 Å². The summed E-state index contributed by atoms with van der Waals surface area (Å²) < 4.78 is 0. The van der Waals surface area contributed by atoms with Crippen molar-refractivity contribution in [2.24, 2.45) is 0 Å². The number of carbonyl (C=O) groups is 1. The van der Waals surface area contributed by atoms with Crippen LogP contribution in [-0.2, 0) is 4.79 Å². The van der Waals surface area contributed by atoms with Crippen LogP contribution in [0, 0.1) is 11.3 Å². The van der Waals surface area contributed by atoms with Gasteiger partial charge in [-0.25, -0.2) is 4.79 Å². The van der Waals surface area contributed by atoms with E-state index >= 15 is 0 Å². The molecule has 0 saturated heterocycles. The van der Waals surface area contributed by atoms with Crippen LogP contribution in [0.15, 0.2) is 29.8 Å². The van der Waals surface area contributed by atoms with Crippen molar-refractivity contribution in [2.75, 3.05) is 0 Å². The third-order valence-electron chi connectivity index (χ3n) is 2.65. The molecule has 3 nitrogen and oxygen atoms in total. The summed E-state index contributed by atoms with van der Waals surface area (Å²) in [6.45, 7) is 0. The van der Waals surface area contributed by atoms with Gasteiger partial charge >= 0.3 is 5.97 Å². The van der Waals surface area contributed by atoms with Crippen LogP contribution in [0.4, 0.5) is 0 Å². The zero-order chi connectivity index (χ0) is 11.5. The Bertz CT molecular complexity index is 476. The number of nitrogens with zero attached hydrogens (tertiary/aromatic N) is 1. The van der Waals surface area contributed by atoms with Crippen molar-refractivity contribution >= 4 is 12.0 Å². The van der Waals surface area contributed by atoms with E-state index in [-0.39, 0.29) is 5.57 Å². The van der Waals surface area contributed by atoms with Gasteiger partial charge in [-0.1, -0.05) is 24.3 Å². The highest BCUT2D eigenvalue weighted by atomic mass is 16.4. The standard InChI is InChI=1S/C13H11NO2/c14-8-12(13(15)16)7-9-1-3-10(4-2-9)11-5-6-11/h1-4,7,11H,5-6H2,(H,15,16). The number of hydrogen-bond acceptors (Lipinski definition) is 2. The van der Waals surface area contributed by atoms with E-state index in [0.29, 0.717) is 5.92 Å². The highest BCUT2D eigenvalue weighted by Gasteiger charge is 2.22. The first kappa shape index (κ1) is 10.4. The predicted molar refractivity (Wildman–Crippen MR) is 59.6 cm³/mol. The smallest absolute Gasteiger partial charge is 0.346 e. The summed E-state index contributed by atoms with van der Waals surface area (Å²) in [6.07, 6.45) is 3.88. The van der Waals surface area contributed by atoms with Gasteiger partial charge in [0.05, 0.1) is 0 Å². The third-order valence-corrected chi connectivity index (χ3v) is 2.65. The molecule has 1 aliphatic carbocycles. The number of rotatable bonds is 3. The van der Waals surface area contributed by atoms with Gasteiger partial charge in [-0.05, 0) is 36.0 Å². The van der Waals surface area contributed by atoms with E-state index in [1.807, 2.05) is 24.3 Å². The molecule has 0 radical (unpaired) electrons. The van der Waals surface area contributed by atoms with Crippen LogP contribution in [0.3, 0.4) is 0 Å². The fraction of sp³-hybridized carbons (Fsp3) is 0.231. The zero-order valence-electron chi connectivity index (χ0n) is 8.68. The van der Waals surface area contributed by atoms with Crippen molar-refractivity contribution in [2.45, 2.75) is 18.8 Å². The van der Waals surface area contributed by atoms with Gasteiger partial charge < -0.3 is 5.11 Å². The van der Waals surface area contributed by atoms with Gasteiger partial charge in [-0.2, -0.15) is 5.26 Å². The Balaban J connectivity index is 2.21. The molecular weight excluding hydrogens is 202 g/mol. The van der Waals surface area contributed by atoms with Crippen LogP contribution >= 0.6 is 0 Å². The quantitative estimate of drug-likeness (QED) is 0.620. The minimum Gasteiger partial charge on any atom is -0.477 e. The summed E-state index contributed by atoms with van der Waals surface area (Å²) in [5.41, 5.74) is 1.81. The molecule has 1 aromatic carbocycles. The molecule has 1 aliphatic rings. The Morgan fingerprint density at radius 2 is 2.00 bits per heavy atom. The molecular formula is C13H11NO2. The molecule has 0 spiro atoms. The lowest BCUT2D eigenvalue weighted by molar-refractivity contribution is -0.132. The Morgan fingerprint density at radius 1 is 1.38 bits per heavy atom. The second-order valence-electron chi connectivity index (χ2n) is 3.92. The molecule has 1 aromatic rings. The summed E-state index contributed by atoms with van der Waals surface area (Å²) in [5.74, 6) is -0.498. The average molecular weight is 213 g/mol. The summed E-state index contributed by atoms with van der Waals surface area (Å²) in [5, 5.41) is 17.3. The normalized spacial score (nSPS) is 15.6. The zero-order valence-corrected chi connectivity index (χ0v) is 8.68. The van der Waals surface area contributed by atoms with E-state index in [2.05, 4.69) is 0 Å². The first-order valence-corrected chi connectivity index (χ1v) is 5.16. The van der Waals surface area contributed by atoms with Crippen LogP contribution in [0.25, 0.3) is 6.08 Å². The number of benzene rings is 1. The second kappa shape index (κ2) is 4.19. The number of hydrogen-bond donors (Lipinski definition) is 1. The van der Waals surface area contributed by atoms with Gasteiger partial charge in [0, 0.05) is 0 Å². The molecule has 0 bridgehead atoms. The molecule has 1 saturated carbocycles. The molecule has 3 heteroatoms. The van der Waals surface area contributed by atoms with Crippen LogP contribution in [0.1, 0.15) is 29.9 Å². The maximum atomic E-state index is 10.6. The summed E-state index contributed by atoms with van der Waals surface area (Å²) in [7, 11) is 0. The van der Waals surface area contributed by atoms with Gasteiger partial charge in [0.25, 0.3) is 0 Å². The van der Waals surface area contributed by atoms with Gasteiger partial charge in [0.1, 0.15) is 11.6 Å². The number of aliphatic carboxylic acids is 1. The molecule has 1 N–H and O–H groups in total. The van der Waals surface area contributed by atoms with E-state index < -0.39 is 5.97 Å². The van der Waals surface area contributed by atoms with Gasteiger partial charge in [0.15, 0.2) is 0 Å². The monoisotopic (exact) mass is 213 g/mol. The largest absolute Gasteiger partial charge is 0.477 e. The minimum atomic E-state index is -1.19. The van der Waals surface area contributed by atoms with Crippen molar-refractivity contribution in [3.63, 3.8) is 0 Å². The summed E-state index contributed by atoms with van der Waals surface area (Å²) in [4.78, 5) is 10.6. The molecule has 0 atom stereocenters. The molecule has 16 heavy (non-hydrogen) atoms. The number of nitriles is 1. The molecule has 0 heterocycles. The Morgan fingerprint density at radius 3 is 2.44 bits per heavy atom. The average Bonchev–Trinajstić information content (AvgIpc) is 3.10. The van der Waals surface area contributed by atoms with Crippen molar-refractivity contribution in [1.29, 1.82) is 5.26 Å². The van der Waals surface area contributed by atoms with Gasteiger partial charge in [-0.3, -0.25) is 0 Å². The van der Waals surface area contributed by atoms with Crippen LogP contribution in [0.2, 0.25) is 0 Å². The highest BCUT2D eigenvalue weighted by molar-refractivity contribution is 5.96.